The SMILES string of the molecule is COc1ccc(NC(=O)CCC(=O)OCC(=O)Nc2ccccc2OC)cc1. The lowest BCUT2D eigenvalue weighted by atomic mass is 10.2. The Morgan fingerprint density at radius 3 is 2.21 bits per heavy atom. The van der Waals surface area contributed by atoms with E-state index >= 15 is 0 Å². The largest absolute Gasteiger partial charge is 0.497 e. The van der Waals surface area contributed by atoms with Crippen molar-refractivity contribution >= 4 is 29.2 Å². The number of carbonyl (C=O) groups is 3. The Bertz CT molecular complexity index is 820. The number of anilines is 2. The monoisotopic (exact) mass is 386 g/mol. The van der Waals surface area contributed by atoms with Crippen LogP contribution in [0.4, 0.5) is 11.4 Å². The molecule has 0 unspecified atom stereocenters. The second kappa shape index (κ2) is 10.6. The molecule has 0 aliphatic rings. The number of hydrogen-bond acceptors (Lipinski definition) is 6. The van der Waals surface area contributed by atoms with Crippen LogP contribution in [0.5, 0.6) is 11.5 Å². The molecule has 0 aromatic heterocycles. The number of para-hydroxylation sites is 2. The number of methoxy groups -OCH3 is 2. The van der Waals surface area contributed by atoms with Gasteiger partial charge in [0.15, 0.2) is 6.61 Å². The van der Waals surface area contributed by atoms with Gasteiger partial charge in [-0.2, -0.15) is 0 Å². The summed E-state index contributed by atoms with van der Waals surface area (Å²) in [5.41, 5.74) is 1.07. The number of carbonyl (C=O) groups excluding carboxylic acids is 3. The molecule has 8 nitrogen and oxygen atoms in total. The fraction of sp³-hybridized carbons (Fsp3) is 0.250. The summed E-state index contributed by atoms with van der Waals surface area (Å²) >= 11 is 0. The molecule has 0 aliphatic heterocycles. The van der Waals surface area contributed by atoms with Gasteiger partial charge in [0, 0.05) is 12.1 Å². The molecule has 0 bridgehead atoms. The van der Waals surface area contributed by atoms with Gasteiger partial charge in [-0.15, -0.1) is 0 Å². The molecule has 2 N–H and O–H groups in total. The van der Waals surface area contributed by atoms with Gasteiger partial charge in [-0.05, 0) is 36.4 Å². The quantitative estimate of drug-likeness (QED) is 0.642. The van der Waals surface area contributed by atoms with Crippen LogP contribution in [0.2, 0.25) is 0 Å². The lowest BCUT2D eigenvalue weighted by Gasteiger charge is -2.10. The van der Waals surface area contributed by atoms with Crippen LogP contribution in [0.3, 0.4) is 0 Å². The predicted octanol–water partition coefficient (Wildman–Crippen LogP) is 2.60. The summed E-state index contributed by atoms with van der Waals surface area (Å²) < 4.78 is 15.1. The van der Waals surface area contributed by atoms with Gasteiger partial charge in [0.05, 0.1) is 26.3 Å². The van der Waals surface area contributed by atoms with Gasteiger partial charge in [0.25, 0.3) is 5.91 Å². The molecule has 2 amide bonds. The third-order valence-electron chi connectivity index (χ3n) is 3.68. The first-order valence-electron chi connectivity index (χ1n) is 8.54. The van der Waals surface area contributed by atoms with Crippen molar-refractivity contribution in [2.75, 3.05) is 31.5 Å². The van der Waals surface area contributed by atoms with Crippen LogP contribution < -0.4 is 20.1 Å². The molecular formula is C20H22N2O6. The molecule has 0 heterocycles. The number of rotatable bonds is 9. The van der Waals surface area contributed by atoms with Crippen molar-refractivity contribution in [3.63, 3.8) is 0 Å². The van der Waals surface area contributed by atoms with E-state index in [-0.39, 0.29) is 18.7 Å². The van der Waals surface area contributed by atoms with Gasteiger partial charge in [0.2, 0.25) is 5.91 Å². The second-order valence-electron chi connectivity index (χ2n) is 5.69. The van der Waals surface area contributed by atoms with E-state index in [1.807, 2.05) is 0 Å². The topological polar surface area (TPSA) is 103 Å². The van der Waals surface area contributed by atoms with Crippen molar-refractivity contribution in [3.05, 3.63) is 48.5 Å². The molecule has 0 spiro atoms. The first kappa shape index (κ1) is 20.8. The number of benzene rings is 2. The van der Waals surface area contributed by atoms with Crippen LogP contribution in [0.1, 0.15) is 12.8 Å². The summed E-state index contributed by atoms with van der Waals surface area (Å²) in [6.45, 7) is -0.447. The van der Waals surface area contributed by atoms with Crippen molar-refractivity contribution in [2.24, 2.45) is 0 Å². The Kier molecular flexibility index (Phi) is 7.83. The number of esters is 1. The summed E-state index contributed by atoms with van der Waals surface area (Å²) in [4.78, 5) is 35.5. The summed E-state index contributed by atoms with van der Waals surface area (Å²) in [6, 6.07) is 13.7. The summed E-state index contributed by atoms with van der Waals surface area (Å²) in [6.07, 6.45) is -0.192. The van der Waals surface area contributed by atoms with E-state index in [1.54, 1.807) is 55.6 Å². The standard InChI is InChI=1S/C20H22N2O6/c1-26-15-9-7-14(8-10-15)21-18(23)11-12-20(25)28-13-19(24)22-16-5-3-4-6-17(16)27-2/h3-10H,11-13H2,1-2H3,(H,21,23)(H,22,24). The van der Waals surface area contributed by atoms with Crippen LogP contribution >= 0.6 is 0 Å². The van der Waals surface area contributed by atoms with Gasteiger partial charge >= 0.3 is 5.97 Å². The van der Waals surface area contributed by atoms with E-state index in [0.717, 1.165) is 0 Å². The predicted molar refractivity (Wildman–Crippen MR) is 103 cm³/mol. The highest BCUT2D eigenvalue weighted by Gasteiger charge is 2.12. The zero-order valence-corrected chi connectivity index (χ0v) is 15.7. The minimum Gasteiger partial charge on any atom is -0.497 e. The normalized spacial score (nSPS) is 9.93. The van der Waals surface area contributed by atoms with Crippen LogP contribution in [0.25, 0.3) is 0 Å². The van der Waals surface area contributed by atoms with Crippen molar-refractivity contribution in [1.82, 2.24) is 0 Å². The Morgan fingerprint density at radius 2 is 1.54 bits per heavy atom. The number of ether oxygens (including phenoxy) is 3. The first-order chi connectivity index (χ1) is 13.5. The van der Waals surface area contributed by atoms with E-state index in [1.165, 1.54) is 7.11 Å². The Morgan fingerprint density at radius 1 is 0.821 bits per heavy atom. The Balaban J connectivity index is 1.70. The average molecular weight is 386 g/mol. The highest BCUT2D eigenvalue weighted by molar-refractivity contribution is 5.95. The number of amides is 2. The van der Waals surface area contributed by atoms with Crippen LogP contribution in [-0.4, -0.2) is 38.6 Å². The zero-order valence-electron chi connectivity index (χ0n) is 15.7. The van der Waals surface area contributed by atoms with Crippen molar-refractivity contribution in [2.45, 2.75) is 12.8 Å². The van der Waals surface area contributed by atoms with E-state index in [9.17, 15) is 14.4 Å². The Hall–Kier alpha value is -3.55. The fourth-order valence-corrected chi connectivity index (χ4v) is 2.27. The maximum atomic E-state index is 11.9. The molecule has 0 atom stereocenters. The zero-order chi connectivity index (χ0) is 20.4. The van der Waals surface area contributed by atoms with Crippen molar-refractivity contribution in [3.8, 4) is 11.5 Å². The van der Waals surface area contributed by atoms with Gasteiger partial charge < -0.3 is 24.8 Å². The van der Waals surface area contributed by atoms with Gasteiger partial charge in [-0.25, -0.2) is 0 Å². The molecule has 8 heteroatoms. The molecular weight excluding hydrogens is 364 g/mol. The number of hydrogen-bond donors (Lipinski definition) is 2. The first-order valence-corrected chi connectivity index (χ1v) is 8.54. The molecule has 0 fully saturated rings. The molecule has 148 valence electrons. The molecule has 0 saturated carbocycles. The highest BCUT2D eigenvalue weighted by atomic mass is 16.5. The van der Waals surface area contributed by atoms with Crippen molar-refractivity contribution in [1.29, 1.82) is 0 Å². The molecule has 0 saturated heterocycles. The average Bonchev–Trinajstić information content (AvgIpc) is 2.71. The van der Waals surface area contributed by atoms with E-state index in [4.69, 9.17) is 14.2 Å². The maximum absolute atomic E-state index is 11.9. The molecule has 2 aromatic carbocycles. The van der Waals surface area contributed by atoms with Crippen LogP contribution in [0.15, 0.2) is 48.5 Å². The summed E-state index contributed by atoms with van der Waals surface area (Å²) in [7, 11) is 3.04. The summed E-state index contributed by atoms with van der Waals surface area (Å²) in [5, 5.41) is 5.26. The minimum absolute atomic E-state index is 0.0566. The molecule has 0 radical (unpaired) electrons. The van der Waals surface area contributed by atoms with E-state index < -0.39 is 18.5 Å². The van der Waals surface area contributed by atoms with E-state index in [2.05, 4.69) is 10.6 Å². The summed E-state index contributed by atoms with van der Waals surface area (Å²) in [5.74, 6) is -0.300. The van der Waals surface area contributed by atoms with Gasteiger partial charge in [-0.1, -0.05) is 12.1 Å². The van der Waals surface area contributed by atoms with Gasteiger partial charge in [0.1, 0.15) is 11.5 Å². The second-order valence-corrected chi connectivity index (χ2v) is 5.69. The minimum atomic E-state index is -0.639. The third-order valence-corrected chi connectivity index (χ3v) is 3.68. The molecule has 0 aliphatic carbocycles. The maximum Gasteiger partial charge on any atom is 0.306 e. The fourth-order valence-electron chi connectivity index (χ4n) is 2.27. The Labute approximate surface area is 162 Å². The molecule has 2 rings (SSSR count). The van der Waals surface area contributed by atoms with Gasteiger partial charge in [-0.3, -0.25) is 14.4 Å². The smallest absolute Gasteiger partial charge is 0.306 e. The lowest BCUT2D eigenvalue weighted by Crippen LogP contribution is -2.22. The van der Waals surface area contributed by atoms with Crippen LogP contribution in [0, 0.1) is 0 Å². The highest BCUT2D eigenvalue weighted by Crippen LogP contribution is 2.22. The van der Waals surface area contributed by atoms with E-state index in [0.29, 0.717) is 22.9 Å². The van der Waals surface area contributed by atoms with Crippen molar-refractivity contribution < 1.29 is 28.6 Å². The molecule has 2 aromatic rings. The number of nitrogens with one attached hydrogen (secondary N) is 2. The van der Waals surface area contributed by atoms with Crippen LogP contribution in [-0.2, 0) is 19.1 Å². The molecule has 28 heavy (non-hydrogen) atoms. The third kappa shape index (κ3) is 6.64. The lowest BCUT2D eigenvalue weighted by molar-refractivity contribution is -0.147.